The van der Waals surface area contributed by atoms with E-state index < -0.39 is 42.8 Å². The van der Waals surface area contributed by atoms with E-state index in [0.717, 1.165) is 36.8 Å². The molecule has 0 spiro atoms. The molecule has 0 radical (unpaired) electrons. The third kappa shape index (κ3) is 25.8. The average molecular weight is 865 g/mol. The molecule has 0 aromatic heterocycles. The fourth-order valence-corrected chi connectivity index (χ4v) is 8.82. The normalized spacial score (nSPS) is 12.1. The second kappa shape index (κ2) is 29.7. The number of hydrogen-bond donors (Lipinski definition) is 0. The zero-order valence-electron chi connectivity index (χ0n) is 38.0. The van der Waals surface area contributed by atoms with Crippen LogP contribution in [0.15, 0.2) is 142 Å². The highest BCUT2D eigenvalue weighted by molar-refractivity contribution is 6.70. The molecule has 60 heavy (non-hydrogen) atoms. The standard InChI is InChI=1S/C19H28O2Si.2C11H15NOSi.C9H14O/c1-6-8-15-19(16-9-7-2,21-22(3,4)5)18(20)17-13-11-10-12-14-17;2*1-14(2,3)13-11(9-12)10-7-5-4-6-8-10;1-3-5-7-9(10)8-6-4-2/h6-7,10-14H,1-2,8-9,15-16H2,3-5H3;2*4-8,11H,1-3H3;3-4H,1-2,5-8H2. The fourth-order valence-electron chi connectivity index (χ4n) is 5.56. The second-order valence-corrected chi connectivity index (χ2v) is 30.4. The van der Waals surface area contributed by atoms with E-state index in [-0.39, 0.29) is 5.78 Å². The summed E-state index contributed by atoms with van der Waals surface area (Å²) in [6.45, 7) is 33.6. The van der Waals surface area contributed by atoms with Crippen LogP contribution in [0.5, 0.6) is 0 Å². The highest BCUT2D eigenvalue weighted by atomic mass is 28.4. The van der Waals surface area contributed by atoms with Gasteiger partial charge in [-0.2, -0.15) is 10.5 Å². The molecular weight excluding hydrogens is 793 g/mol. The lowest BCUT2D eigenvalue weighted by Gasteiger charge is -2.38. The fraction of sp³-hybridized carbons (Fsp3) is 0.400. The Bertz CT molecular complexity index is 1690. The Morgan fingerprint density at radius 1 is 0.567 bits per heavy atom. The molecule has 10 heteroatoms. The summed E-state index contributed by atoms with van der Waals surface area (Å²) in [5.74, 6) is 0.388. The Balaban J connectivity index is 0.000000807. The molecule has 324 valence electrons. The monoisotopic (exact) mass is 864 g/mol. The van der Waals surface area contributed by atoms with Crippen LogP contribution in [0.1, 0.15) is 85.1 Å². The van der Waals surface area contributed by atoms with Gasteiger partial charge in [-0.3, -0.25) is 9.59 Å². The van der Waals surface area contributed by atoms with Crippen molar-refractivity contribution in [1.82, 2.24) is 0 Å². The maximum atomic E-state index is 13.2. The zero-order valence-corrected chi connectivity index (χ0v) is 41.0. The minimum atomic E-state index is -1.88. The van der Waals surface area contributed by atoms with Gasteiger partial charge >= 0.3 is 0 Å². The number of hydrogen-bond acceptors (Lipinski definition) is 7. The first-order chi connectivity index (χ1) is 28.2. The van der Waals surface area contributed by atoms with Gasteiger partial charge in [0.2, 0.25) is 0 Å². The molecule has 3 aromatic rings. The van der Waals surface area contributed by atoms with Gasteiger partial charge < -0.3 is 13.3 Å². The Morgan fingerprint density at radius 2 is 0.900 bits per heavy atom. The summed E-state index contributed by atoms with van der Waals surface area (Å²) in [5.41, 5.74) is 1.83. The smallest absolute Gasteiger partial charge is 0.193 e. The van der Waals surface area contributed by atoms with Crippen LogP contribution in [0, 0.1) is 22.7 Å². The van der Waals surface area contributed by atoms with Gasteiger partial charge in [0.05, 0.1) is 12.1 Å². The molecule has 0 amide bonds. The maximum absolute atomic E-state index is 13.2. The second-order valence-electron chi connectivity index (χ2n) is 17.1. The van der Waals surface area contributed by atoms with Gasteiger partial charge in [0.1, 0.15) is 11.4 Å². The number of rotatable bonds is 22. The van der Waals surface area contributed by atoms with Gasteiger partial charge in [0.25, 0.3) is 0 Å². The van der Waals surface area contributed by atoms with Gasteiger partial charge in [-0.25, -0.2) is 0 Å². The van der Waals surface area contributed by atoms with Gasteiger partial charge in [-0.1, -0.05) is 115 Å². The first-order valence-electron chi connectivity index (χ1n) is 20.7. The third-order valence-electron chi connectivity index (χ3n) is 8.09. The van der Waals surface area contributed by atoms with E-state index in [1.165, 1.54) is 0 Å². The van der Waals surface area contributed by atoms with Crippen LogP contribution < -0.4 is 0 Å². The van der Waals surface area contributed by atoms with Crippen molar-refractivity contribution in [3.8, 4) is 12.1 Å². The maximum Gasteiger partial charge on any atom is 0.193 e. The molecule has 0 aliphatic heterocycles. The van der Waals surface area contributed by atoms with E-state index in [1.807, 2.05) is 103 Å². The molecular formula is C50H72N2O5Si3. The van der Waals surface area contributed by atoms with Gasteiger partial charge in [-0.05, 0) is 109 Å². The van der Waals surface area contributed by atoms with Crippen LogP contribution >= 0.6 is 0 Å². The molecule has 0 fully saturated rings. The van der Waals surface area contributed by atoms with Gasteiger partial charge in [0.15, 0.2) is 42.9 Å². The summed E-state index contributed by atoms with van der Waals surface area (Å²) >= 11 is 0. The van der Waals surface area contributed by atoms with Crippen LogP contribution in [0.25, 0.3) is 0 Å². The van der Waals surface area contributed by atoms with Crippen molar-refractivity contribution in [3.05, 3.63) is 158 Å². The number of carbonyl (C=O) groups excluding carboxylic acids is 2. The van der Waals surface area contributed by atoms with Crippen LogP contribution in [0.4, 0.5) is 0 Å². The number of ketones is 2. The number of carbonyl (C=O) groups is 2. The predicted molar refractivity (Wildman–Crippen MR) is 259 cm³/mol. The van der Waals surface area contributed by atoms with Crippen molar-refractivity contribution in [2.75, 3.05) is 0 Å². The molecule has 2 unspecified atom stereocenters. The van der Waals surface area contributed by atoms with E-state index >= 15 is 0 Å². The summed E-state index contributed by atoms with van der Waals surface area (Å²) in [4.78, 5) is 24.1. The number of nitrogens with zero attached hydrogens (tertiary/aromatic N) is 2. The molecule has 0 heterocycles. The van der Waals surface area contributed by atoms with Gasteiger partial charge in [0, 0.05) is 18.4 Å². The summed E-state index contributed by atoms with van der Waals surface area (Å²) in [6.07, 6.45) is 12.2. The lowest BCUT2D eigenvalue weighted by molar-refractivity contribution is -0.118. The van der Waals surface area contributed by atoms with Crippen molar-refractivity contribution in [2.45, 2.75) is 128 Å². The molecule has 0 saturated carbocycles. The quantitative estimate of drug-likeness (QED) is 0.0562. The number of Topliss-reactive ketones (excluding diaryl/α,β-unsaturated/α-hetero) is 2. The molecule has 0 saturated heterocycles. The highest BCUT2D eigenvalue weighted by Crippen LogP contribution is 2.33. The molecule has 0 aliphatic carbocycles. The van der Waals surface area contributed by atoms with Crippen molar-refractivity contribution >= 4 is 36.5 Å². The van der Waals surface area contributed by atoms with E-state index in [2.05, 4.69) is 97.4 Å². The summed E-state index contributed by atoms with van der Waals surface area (Å²) in [6, 6.07) is 33.1. The zero-order chi connectivity index (χ0) is 45.7. The highest BCUT2D eigenvalue weighted by Gasteiger charge is 2.42. The molecule has 2 atom stereocenters. The largest absolute Gasteiger partial charge is 0.405 e. The van der Waals surface area contributed by atoms with Crippen molar-refractivity contribution in [2.24, 2.45) is 0 Å². The van der Waals surface area contributed by atoms with Crippen molar-refractivity contribution < 1.29 is 22.9 Å². The molecule has 3 aromatic carbocycles. The SMILES string of the molecule is C=CCCC(=O)CCC=C.C=CCCC(CCC=C)(O[Si](C)(C)C)C(=O)c1ccccc1.C[Si](C)(C)OC(C#N)c1ccccc1.C[Si](C)(C)OC(C#N)c1ccccc1. The predicted octanol–water partition coefficient (Wildman–Crippen LogP) is 14.1. The Hall–Kier alpha value is -4.53. The topological polar surface area (TPSA) is 109 Å². The van der Waals surface area contributed by atoms with Crippen molar-refractivity contribution in [1.29, 1.82) is 10.5 Å². The minimum absolute atomic E-state index is 0.0826. The van der Waals surface area contributed by atoms with Gasteiger partial charge in [-0.15, -0.1) is 26.3 Å². The summed E-state index contributed by atoms with van der Waals surface area (Å²) < 4.78 is 17.9. The summed E-state index contributed by atoms with van der Waals surface area (Å²) in [5, 5.41) is 18.0. The first-order valence-corrected chi connectivity index (χ1v) is 30.9. The number of benzene rings is 3. The Labute approximate surface area is 366 Å². The molecule has 0 N–H and O–H groups in total. The van der Waals surface area contributed by atoms with E-state index in [1.54, 1.807) is 12.2 Å². The van der Waals surface area contributed by atoms with Crippen LogP contribution in [0.2, 0.25) is 58.9 Å². The lowest BCUT2D eigenvalue weighted by atomic mass is 9.84. The molecule has 7 nitrogen and oxygen atoms in total. The van der Waals surface area contributed by atoms with E-state index in [0.29, 0.717) is 37.0 Å². The number of nitriles is 2. The third-order valence-corrected chi connectivity index (χ3v) is 11.0. The van der Waals surface area contributed by atoms with Crippen LogP contribution in [-0.4, -0.2) is 42.1 Å². The minimum Gasteiger partial charge on any atom is -0.405 e. The molecule has 3 rings (SSSR count). The molecule has 0 aliphatic rings. The first kappa shape index (κ1) is 55.5. The van der Waals surface area contributed by atoms with Crippen molar-refractivity contribution in [3.63, 3.8) is 0 Å². The van der Waals surface area contributed by atoms with Crippen LogP contribution in [-0.2, 0) is 18.1 Å². The van der Waals surface area contributed by atoms with E-state index in [4.69, 9.17) is 23.8 Å². The number of allylic oxidation sites excluding steroid dienone is 4. The molecule has 0 bridgehead atoms. The van der Waals surface area contributed by atoms with E-state index in [9.17, 15) is 9.59 Å². The summed E-state index contributed by atoms with van der Waals surface area (Å²) in [7, 11) is -5.17. The lowest BCUT2D eigenvalue weighted by Crippen LogP contribution is -2.48. The van der Waals surface area contributed by atoms with Crippen LogP contribution in [0.3, 0.4) is 0 Å². The Kier molecular flexibility index (Phi) is 27.4. The Morgan fingerprint density at radius 3 is 1.18 bits per heavy atom. The average Bonchev–Trinajstić information content (AvgIpc) is 3.21.